The summed E-state index contributed by atoms with van der Waals surface area (Å²) in [6, 6.07) is -0.153. The molecule has 17 heavy (non-hydrogen) atoms. The Hall–Kier alpha value is -0.610. The normalized spacial score (nSPS) is 14.4. The highest BCUT2D eigenvalue weighted by atomic mass is 16.3. The Labute approximate surface area is 105 Å². The van der Waals surface area contributed by atoms with Crippen LogP contribution in [-0.2, 0) is 4.79 Å². The van der Waals surface area contributed by atoms with E-state index < -0.39 is 0 Å². The fourth-order valence-electron chi connectivity index (χ4n) is 1.61. The van der Waals surface area contributed by atoms with Gasteiger partial charge >= 0.3 is 0 Å². The molecule has 0 heterocycles. The van der Waals surface area contributed by atoms with Crippen molar-refractivity contribution in [3.05, 3.63) is 0 Å². The van der Waals surface area contributed by atoms with Crippen LogP contribution in [-0.4, -0.2) is 36.8 Å². The van der Waals surface area contributed by atoms with E-state index in [9.17, 15) is 4.79 Å². The van der Waals surface area contributed by atoms with Gasteiger partial charge < -0.3 is 15.7 Å². The zero-order chi connectivity index (χ0) is 13.1. The molecule has 0 aliphatic rings. The van der Waals surface area contributed by atoms with E-state index in [0.29, 0.717) is 5.92 Å². The van der Waals surface area contributed by atoms with Crippen LogP contribution >= 0.6 is 0 Å². The third-order valence-corrected chi connectivity index (χ3v) is 3.05. The van der Waals surface area contributed by atoms with E-state index in [4.69, 9.17) is 5.11 Å². The standard InChI is InChI=1S/C13H28N2O2/c1-4-6-8-14-13(17)11(3)15-10-12(5-2)7-9-16/h11-12,15-16H,4-10H2,1-3H3,(H,14,17). The lowest BCUT2D eigenvalue weighted by Crippen LogP contribution is -2.44. The SMILES string of the molecule is CCCCNC(=O)C(C)NCC(CC)CCO. The molecule has 2 atom stereocenters. The molecule has 0 aromatic heterocycles. The first-order valence-electron chi connectivity index (χ1n) is 6.77. The van der Waals surface area contributed by atoms with Crippen molar-refractivity contribution < 1.29 is 9.90 Å². The van der Waals surface area contributed by atoms with E-state index in [2.05, 4.69) is 24.5 Å². The van der Waals surface area contributed by atoms with Crippen LogP contribution in [0, 0.1) is 5.92 Å². The number of amides is 1. The van der Waals surface area contributed by atoms with Gasteiger partial charge in [-0.3, -0.25) is 4.79 Å². The Morgan fingerprint density at radius 1 is 1.35 bits per heavy atom. The maximum Gasteiger partial charge on any atom is 0.236 e. The van der Waals surface area contributed by atoms with E-state index in [1.807, 2.05) is 6.92 Å². The summed E-state index contributed by atoms with van der Waals surface area (Å²) < 4.78 is 0. The number of rotatable bonds is 10. The molecule has 0 rings (SSSR count). The molecule has 0 radical (unpaired) electrons. The Kier molecular flexibility index (Phi) is 10.2. The van der Waals surface area contributed by atoms with Crippen LogP contribution in [0.5, 0.6) is 0 Å². The quantitative estimate of drug-likeness (QED) is 0.507. The van der Waals surface area contributed by atoms with Gasteiger partial charge in [0.2, 0.25) is 5.91 Å². The average Bonchev–Trinajstić information content (AvgIpc) is 2.34. The monoisotopic (exact) mass is 244 g/mol. The molecule has 0 fully saturated rings. The van der Waals surface area contributed by atoms with E-state index in [1.165, 1.54) is 0 Å². The predicted molar refractivity (Wildman–Crippen MR) is 70.9 cm³/mol. The molecule has 0 saturated carbocycles. The molecular formula is C13H28N2O2. The van der Waals surface area contributed by atoms with Crippen LogP contribution in [0.4, 0.5) is 0 Å². The molecule has 102 valence electrons. The van der Waals surface area contributed by atoms with Crippen molar-refractivity contribution in [2.45, 2.75) is 52.5 Å². The number of carbonyl (C=O) groups is 1. The molecular weight excluding hydrogens is 216 g/mol. The second-order valence-corrected chi connectivity index (χ2v) is 4.56. The minimum atomic E-state index is -0.153. The summed E-state index contributed by atoms with van der Waals surface area (Å²) in [5.41, 5.74) is 0. The number of carbonyl (C=O) groups excluding carboxylic acids is 1. The molecule has 0 aromatic carbocycles. The number of nitrogens with one attached hydrogen (secondary N) is 2. The van der Waals surface area contributed by atoms with Gasteiger partial charge in [-0.2, -0.15) is 0 Å². The summed E-state index contributed by atoms with van der Waals surface area (Å²) >= 11 is 0. The molecule has 2 unspecified atom stereocenters. The molecule has 0 spiro atoms. The van der Waals surface area contributed by atoms with Crippen molar-refractivity contribution in [2.24, 2.45) is 5.92 Å². The molecule has 0 aliphatic heterocycles. The summed E-state index contributed by atoms with van der Waals surface area (Å²) in [7, 11) is 0. The predicted octanol–water partition coefficient (Wildman–Crippen LogP) is 1.29. The van der Waals surface area contributed by atoms with Gasteiger partial charge in [0.15, 0.2) is 0 Å². The third-order valence-electron chi connectivity index (χ3n) is 3.05. The zero-order valence-corrected chi connectivity index (χ0v) is 11.5. The van der Waals surface area contributed by atoms with Crippen molar-refractivity contribution in [3.63, 3.8) is 0 Å². The minimum absolute atomic E-state index is 0.0669. The van der Waals surface area contributed by atoms with Crippen LogP contribution in [0.25, 0.3) is 0 Å². The molecule has 3 N–H and O–H groups in total. The maximum absolute atomic E-state index is 11.7. The molecule has 0 aromatic rings. The first kappa shape index (κ1) is 16.4. The van der Waals surface area contributed by atoms with Gasteiger partial charge in [-0.25, -0.2) is 0 Å². The average molecular weight is 244 g/mol. The number of hydrogen-bond donors (Lipinski definition) is 3. The Morgan fingerprint density at radius 3 is 2.59 bits per heavy atom. The fraction of sp³-hybridized carbons (Fsp3) is 0.923. The molecule has 4 heteroatoms. The third kappa shape index (κ3) is 8.16. The second kappa shape index (κ2) is 10.5. The number of unbranched alkanes of at least 4 members (excludes halogenated alkanes) is 1. The van der Waals surface area contributed by atoms with Crippen molar-refractivity contribution >= 4 is 5.91 Å². The Balaban J connectivity index is 3.75. The first-order chi connectivity index (χ1) is 8.15. The summed E-state index contributed by atoms with van der Waals surface area (Å²) in [6.45, 7) is 7.86. The van der Waals surface area contributed by atoms with Gasteiger partial charge in [0.05, 0.1) is 6.04 Å². The van der Waals surface area contributed by atoms with Gasteiger partial charge in [0.1, 0.15) is 0 Å². The molecule has 0 aliphatic carbocycles. The summed E-state index contributed by atoms with van der Waals surface area (Å²) in [6.07, 6.45) is 3.95. The highest BCUT2D eigenvalue weighted by Crippen LogP contribution is 2.05. The number of hydrogen-bond acceptors (Lipinski definition) is 3. The second-order valence-electron chi connectivity index (χ2n) is 4.56. The lowest BCUT2D eigenvalue weighted by atomic mass is 10.0. The lowest BCUT2D eigenvalue weighted by Gasteiger charge is -2.18. The zero-order valence-electron chi connectivity index (χ0n) is 11.5. The van der Waals surface area contributed by atoms with Gasteiger partial charge in [-0.15, -0.1) is 0 Å². The lowest BCUT2D eigenvalue weighted by molar-refractivity contribution is -0.122. The largest absolute Gasteiger partial charge is 0.396 e. The molecule has 0 bridgehead atoms. The fourth-order valence-corrected chi connectivity index (χ4v) is 1.61. The topological polar surface area (TPSA) is 61.4 Å². The van der Waals surface area contributed by atoms with Crippen LogP contribution in [0.1, 0.15) is 46.5 Å². The van der Waals surface area contributed by atoms with Crippen LogP contribution < -0.4 is 10.6 Å². The molecule has 4 nitrogen and oxygen atoms in total. The molecule has 0 saturated heterocycles. The van der Waals surface area contributed by atoms with E-state index in [-0.39, 0.29) is 18.6 Å². The van der Waals surface area contributed by atoms with Crippen molar-refractivity contribution in [1.29, 1.82) is 0 Å². The Bertz CT molecular complexity index is 198. The minimum Gasteiger partial charge on any atom is -0.396 e. The van der Waals surface area contributed by atoms with Crippen molar-refractivity contribution in [3.8, 4) is 0 Å². The highest BCUT2D eigenvalue weighted by molar-refractivity contribution is 5.81. The van der Waals surface area contributed by atoms with Gasteiger partial charge in [-0.05, 0) is 32.2 Å². The summed E-state index contributed by atoms with van der Waals surface area (Å²) in [4.78, 5) is 11.7. The smallest absolute Gasteiger partial charge is 0.236 e. The van der Waals surface area contributed by atoms with Crippen molar-refractivity contribution in [1.82, 2.24) is 10.6 Å². The Morgan fingerprint density at radius 2 is 2.06 bits per heavy atom. The van der Waals surface area contributed by atoms with Gasteiger partial charge in [0.25, 0.3) is 0 Å². The van der Waals surface area contributed by atoms with Crippen LogP contribution in [0.2, 0.25) is 0 Å². The van der Waals surface area contributed by atoms with E-state index in [0.717, 1.165) is 38.8 Å². The number of aliphatic hydroxyl groups excluding tert-OH is 1. The highest BCUT2D eigenvalue weighted by Gasteiger charge is 2.13. The first-order valence-corrected chi connectivity index (χ1v) is 6.77. The molecule has 1 amide bonds. The van der Waals surface area contributed by atoms with E-state index in [1.54, 1.807) is 0 Å². The van der Waals surface area contributed by atoms with E-state index >= 15 is 0 Å². The summed E-state index contributed by atoms with van der Waals surface area (Å²) in [5, 5.41) is 15.0. The number of aliphatic hydroxyl groups is 1. The van der Waals surface area contributed by atoms with Crippen LogP contribution in [0.3, 0.4) is 0 Å². The van der Waals surface area contributed by atoms with Crippen LogP contribution in [0.15, 0.2) is 0 Å². The summed E-state index contributed by atoms with van der Waals surface area (Å²) in [5.74, 6) is 0.517. The van der Waals surface area contributed by atoms with Gasteiger partial charge in [-0.1, -0.05) is 26.7 Å². The van der Waals surface area contributed by atoms with Gasteiger partial charge in [0, 0.05) is 13.2 Å². The maximum atomic E-state index is 11.7. The van der Waals surface area contributed by atoms with Crippen molar-refractivity contribution in [2.75, 3.05) is 19.7 Å².